The first-order chi connectivity index (χ1) is 15.0. The molecule has 4 aliphatic heterocycles. The van der Waals surface area contributed by atoms with Crippen LogP contribution in [0.4, 0.5) is 9.59 Å². The number of carbonyl (C=O) groups is 2. The fraction of sp³-hybridized carbons (Fsp3) is 0.913. The van der Waals surface area contributed by atoms with Gasteiger partial charge >= 0.3 is 12.1 Å². The number of hydrogen-bond donors (Lipinski definition) is 0. The predicted octanol–water partition coefficient (Wildman–Crippen LogP) is 2.63. The summed E-state index contributed by atoms with van der Waals surface area (Å²) in [7, 11) is 3.51. The number of urea groups is 2. The van der Waals surface area contributed by atoms with Crippen LogP contribution < -0.4 is 0 Å². The fourth-order valence-electron chi connectivity index (χ4n) is 6.04. The molecular formula is C23H40N4O4. The molecule has 0 aromatic heterocycles. The van der Waals surface area contributed by atoms with Crippen molar-refractivity contribution in [2.75, 3.05) is 66.6 Å². The number of hydrogen-bond acceptors (Lipinski definition) is 4. The van der Waals surface area contributed by atoms with Crippen molar-refractivity contribution in [1.82, 2.24) is 19.6 Å². The summed E-state index contributed by atoms with van der Waals surface area (Å²) in [4.78, 5) is 34.5. The van der Waals surface area contributed by atoms with E-state index < -0.39 is 0 Å². The van der Waals surface area contributed by atoms with Crippen molar-refractivity contribution in [3.8, 4) is 0 Å². The quantitative estimate of drug-likeness (QED) is 0.668. The Kier molecular flexibility index (Phi) is 7.26. The Morgan fingerprint density at radius 3 is 1.39 bits per heavy atom. The first-order valence-electron chi connectivity index (χ1n) is 12.2. The van der Waals surface area contributed by atoms with Crippen molar-refractivity contribution in [2.45, 2.75) is 63.6 Å². The third-order valence-electron chi connectivity index (χ3n) is 7.96. The zero-order valence-corrected chi connectivity index (χ0v) is 19.4. The number of amides is 4. The molecule has 1 spiro atoms. The normalized spacial score (nSPS) is 25.9. The van der Waals surface area contributed by atoms with Gasteiger partial charge in [-0.15, -0.1) is 0 Å². The number of likely N-dealkylation sites (tertiary alicyclic amines) is 4. The molecule has 0 N–H and O–H groups in total. The van der Waals surface area contributed by atoms with E-state index in [9.17, 15) is 9.59 Å². The highest BCUT2D eigenvalue weighted by Gasteiger charge is 2.43. The maximum absolute atomic E-state index is 13.2. The first kappa shape index (κ1) is 22.6. The summed E-state index contributed by atoms with van der Waals surface area (Å²) >= 11 is 0. The monoisotopic (exact) mass is 436 g/mol. The van der Waals surface area contributed by atoms with E-state index in [0.29, 0.717) is 0 Å². The van der Waals surface area contributed by atoms with Gasteiger partial charge in [-0.25, -0.2) is 9.59 Å². The first-order valence-corrected chi connectivity index (χ1v) is 12.2. The van der Waals surface area contributed by atoms with Gasteiger partial charge in [-0.3, -0.25) is 0 Å². The number of piperidine rings is 4. The molecule has 0 aromatic carbocycles. The highest BCUT2D eigenvalue weighted by atomic mass is 16.5. The zero-order chi connectivity index (χ0) is 21.8. The number of carbonyl (C=O) groups excluding carboxylic acids is 2. The van der Waals surface area contributed by atoms with Crippen LogP contribution in [0.1, 0.15) is 51.4 Å². The maximum atomic E-state index is 13.2. The Balaban J connectivity index is 1.34. The minimum absolute atomic E-state index is 0.0531. The van der Waals surface area contributed by atoms with Crippen LogP contribution in [0.15, 0.2) is 0 Å². The minimum Gasteiger partial charge on any atom is -0.381 e. The Morgan fingerprint density at radius 1 is 0.645 bits per heavy atom. The molecular weight excluding hydrogens is 396 g/mol. The number of nitrogens with zero attached hydrogens (tertiary/aromatic N) is 4. The second-order valence-corrected chi connectivity index (χ2v) is 9.96. The van der Waals surface area contributed by atoms with Crippen molar-refractivity contribution in [1.29, 1.82) is 0 Å². The van der Waals surface area contributed by atoms with Gasteiger partial charge in [-0.1, -0.05) is 0 Å². The molecule has 4 amide bonds. The van der Waals surface area contributed by atoms with E-state index in [4.69, 9.17) is 9.47 Å². The SMILES string of the molecule is COC1CCN(C(=O)N2CCCC3(CCCN(C(=O)N4CCC(OC)CC4)C3)C2)CC1. The summed E-state index contributed by atoms with van der Waals surface area (Å²) < 4.78 is 10.9. The van der Waals surface area contributed by atoms with Gasteiger partial charge in [0.15, 0.2) is 0 Å². The van der Waals surface area contributed by atoms with Crippen molar-refractivity contribution in [2.24, 2.45) is 5.41 Å². The molecule has 8 nitrogen and oxygen atoms in total. The molecule has 4 saturated heterocycles. The highest BCUT2D eigenvalue weighted by molar-refractivity contribution is 5.75. The maximum Gasteiger partial charge on any atom is 0.320 e. The summed E-state index contributed by atoms with van der Waals surface area (Å²) in [6.07, 6.45) is 8.52. The number of ether oxygens (including phenoxy) is 2. The Bertz CT molecular complexity index is 575. The highest BCUT2D eigenvalue weighted by Crippen LogP contribution is 2.39. The fourth-order valence-corrected chi connectivity index (χ4v) is 6.04. The van der Waals surface area contributed by atoms with Gasteiger partial charge in [-0.05, 0) is 51.4 Å². The van der Waals surface area contributed by atoms with Crippen LogP contribution >= 0.6 is 0 Å². The predicted molar refractivity (Wildman–Crippen MR) is 118 cm³/mol. The second-order valence-electron chi connectivity index (χ2n) is 9.96. The average Bonchev–Trinajstić information content (AvgIpc) is 2.83. The van der Waals surface area contributed by atoms with Crippen LogP contribution in [0.25, 0.3) is 0 Å². The van der Waals surface area contributed by atoms with Crippen molar-refractivity contribution >= 4 is 12.1 Å². The number of methoxy groups -OCH3 is 2. The van der Waals surface area contributed by atoms with E-state index in [1.165, 1.54) is 0 Å². The minimum atomic E-state index is 0.0531. The molecule has 176 valence electrons. The molecule has 8 heteroatoms. The molecule has 31 heavy (non-hydrogen) atoms. The topological polar surface area (TPSA) is 65.6 Å². The van der Waals surface area contributed by atoms with E-state index in [1.54, 1.807) is 14.2 Å². The molecule has 0 aliphatic carbocycles. The van der Waals surface area contributed by atoms with Crippen molar-refractivity contribution in [3.63, 3.8) is 0 Å². The van der Waals surface area contributed by atoms with Crippen LogP contribution in [0.5, 0.6) is 0 Å². The third kappa shape index (κ3) is 5.11. The molecule has 0 bridgehead atoms. The molecule has 0 aromatic rings. The van der Waals surface area contributed by atoms with E-state index in [-0.39, 0.29) is 29.7 Å². The van der Waals surface area contributed by atoms with E-state index in [2.05, 4.69) is 9.80 Å². The lowest BCUT2D eigenvalue weighted by molar-refractivity contribution is 0.00986. The third-order valence-corrected chi connectivity index (χ3v) is 7.96. The lowest BCUT2D eigenvalue weighted by Gasteiger charge is -2.50. The van der Waals surface area contributed by atoms with Gasteiger partial charge in [0.25, 0.3) is 0 Å². The molecule has 4 aliphatic rings. The van der Waals surface area contributed by atoms with Gasteiger partial charge < -0.3 is 29.1 Å². The molecule has 0 atom stereocenters. The van der Waals surface area contributed by atoms with E-state index in [0.717, 1.165) is 104 Å². The van der Waals surface area contributed by atoms with E-state index in [1.807, 2.05) is 9.80 Å². The lowest BCUT2D eigenvalue weighted by Crippen LogP contribution is -2.59. The van der Waals surface area contributed by atoms with Gasteiger partial charge in [0.05, 0.1) is 12.2 Å². The summed E-state index contributed by atoms with van der Waals surface area (Å²) in [5.74, 6) is 0. The van der Waals surface area contributed by atoms with Crippen molar-refractivity contribution < 1.29 is 19.1 Å². The summed E-state index contributed by atoms with van der Waals surface area (Å²) in [6, 6.07) is 0.359. The van der Waals surface area contributed by atoms with Crippen LogP contribution in [0.3, 0.4) is 0 Å². The van der Waals surface area contributed by atoms with Crippen LogP contribution in [-0.4, -0.2) is 110 Å². The molecule has 0 unspecified atom stereocenters. The van der Waals surface area contributed by atoms with E-state index >= 15 is 0 Å². The van der Waals surface area contributed by atoms with Gasteiger partial charge in [0.2, 0.25) is 0 Å². The van der Waals surface area contributed by atoms with Gasteiger partial charge in [-0.2, -0.15) is 0 Å². The average molecular weight is 437 g/mol. The summed E-state index contributed by atoms with van der Waals surface area (Å²) in [6.45, 7) is 6.36. The largest absolute Gasteiger partial charge is 0.381 e. The van der Waals surface area contributed by atoms with Gasteiger partial charge in [0.1, 0.15) is 0 Å². The molecule has 4 heterocycles. The van der Waals surface area contributed by atoms with Crippen LogP contribution in [-0.2, 0) is 9.47 Å². The molecule has 0 saturated carbocycles. The lowest BCUT2D eigenvalue weighted by atomic mass is 9.74. The molecule has 0 radical (unpaired) electrons. The number of rotatable bonds is 2. The smallest absolute Gasteiger partial charge is 0.320 e. The Hall–Kier alpha value is -1.54. The van der Waals surface area contributed by atoms with Gasteiger partial charge in [0, 0.05) is 72.0 Å². The second kappa shape index (κ2) is 9.94. The Morgan fingerprint density at radius 2 is 1.03 bits per heavy atom. The van der Waals surface area contributed by atoms with Crippen molar-refractivity contribution in [3.05, 3.63) is 0 Å². The van der Waals surface area contributed by atoms with Crippen LogP contribution in [0.2, 0.25) is 0 Å². The zero-order valence-electron chi connectivity index (χ0n) is 19.4. The Labute approximate surface area is 186 Å². The standard InChI is InChI=1S/C23H40N4O4/c1-30-19-5-13-24(14-6-19)21(28)26-11-3-9-23(17-26)10-4-12-27(18-23)22(29)25-15-7-20(31-2)8-16-25/h19-20H,3-18H2,1-2H3. The molecule has 4 rings (SSSR count). The summed E-state index contributed by atoms with van der Waals surface area (Å²) in [5.41, 5.74) is 0.0531. The van der Waals surface area contributed by atoms with Crippen LogP contribution in [0, 0.1) is 5.41 Å². The summed E-state index contributed by atoms with van der Waals surface area (Å²) in [5, 5.41) is 0. The molecule has 4 fully saturated rings.